The number of furan rings is 1. The van der Waals surface area contributed by atoms with Crippen molar-refractivity contribution in [2.75, 3.05) is 18.4 Å². The Morgan fingerprint density at radius 2 is 2.27 bits per heavy atom. The highest BCUT2D eigenvalue weighted by Crippen LogP contribution is 2.32. The normalized spacial score (nSPS) is 22.7. The van der Waals surface area contributed by atoms with Crippen LogP contribution < -0.4 is 5.32 Å². The summed E-state index contributed by atoms with van der Waals surface area (Å²) in [6.07, 6.45) is 6.31. The number of nitrogens with zero attached hydrogens (tertiary/aromatic N) is 2. The van der Waals surface area contributed by atoms with Gasteiger partial charge in [0, 0.05) is 18.0 Å². The number of fused-ring (bicyclic) bond motifs is 1. The minimum Gasteiger partial charge on any atom is -0.459 e. The van der Waals surface area contributed by atoms with Crippen molar-refractivity contribution in [2.45, 2.75) is 39.0 Å². The average Bonchev–Trinajstić information content (AvgIpc) is 3.30. The SMILES string of the molecule is C[C@H]1CCc2nc(NC(=O)[C@H]3CCCN(C(=O)c4ccco4)C3)sc2C1. The molecule has 0 unspecified atom stereocenters. The number of carbonyl (C=O) groups is 2. The van der Waals surface area contributed by atoms with Crippen LogP contribution in [-0.4, -0.2) is 34.8 Å². The summed E-state index contributed by atoms with van der Waals surface area (Å²) in [7, 11) is 0. The lowest BCUT2D eigenvalue weighted by molar-refractivity contribution is -0.121. The fourth-order valence-electron chi connectivity index (χ4n) is 3.73. The number of hydrogen-bond donors (Lipinski definition) is 1. The van der Waals surface area contributed by atoms with Gasteiger partial charge in [-0.25, -0.2) is 4.98 Å². The average molecular weight is 373 g/mol. The number of anilines is 1. The molecule has 2 aromatic heterocycles. The fraction of sp³-hybridized carbons (Fsp3) is 0.526. The molecule has 2 aromatic rings. The van der Waals surface area contributed by atoms with Crippen LogP contribution in [-0.2, 0) is 17.6 Å². The third kappa shape index (κ3) is 3.53. The van der Waals surface area contributed by atoms with E-state index in [1.165, 1.54) is 11.1 Å². The third-order valence-electron chi connectivity index (χ3n) is 5.23. The topological polar surface area (TPSA) is 75.4 Å². The highest BCUT2D eigenvalue weighted by atomic mass is 32.1. The van der Waals surface area contributed by atoms with Crippen LogP contribution in [0.1, 0.15) is 47.3 Å². The zero-order valence-corrected chi connectivity index (χ0v) is 15.7. The number of aryl methyl sites for hydroxylation is 1. The Balaban J connectivity index is 1.39. The smallest absolute Gasteiger partial charge is 0.289 e. The van der Waals surface area contributed by atoms with Gasteiger partial charge in [0.2, 0.25) is 5.91 Å². The van der Waals surface area contributed by atoms with Crippen molar-refractivity contribution < 1.29 is 14.0 Å². The minimum absolute atomic E-state index is 0.0407. The van der Waals surface area contributed by atoms with Crippen molar-refractivity contribution in [3.05, 3.63) is 34.7 Å². The first kappa shape index (κ1) is 17.3. The van der Waals surface area contributed by atoms with E-state index in [0.717, 1.165) is 37.8 Å². The molecule has 1 fully saturated rings. The Bertz CT molecular complexity index is 799. The Labute approximate surface area is 156 Å². The highest BCUT2D eigenvalue weighted by molar-refractivity contribution is 7.15. The van der Waals surface area contributed by atoms with Crippen LogP contribution in [0.4, 0.5) is 5.13 Å². The Morgan fingerprint density at radius 1 is 1.38 bits per heavy atom. The lowest BCUT2D eigenvalue weighted by Gasteiger charge is -2.31. The van der Waals surface area contributed by atoms with Crippen LogP contribution in [0.2, 0.25) is 0 Å². The fourth-order valence-corrected chi connectivity index (χ4v) is 4.91. The number of rotatable bonds is 3. The summed E-state index contributed by atoms with van der Waals surface area (Å²) < 4.78 is 5.19. The number of nitrogens with one attached hydrogen (secondary N) is 1. The molecule has 0 radical (unpaired) electrons. The highest BCUT2D eigenvalue weighted by Gasteiger charge is 2.30. The van der Waals surface area contributed by atoms with Crippen molar-refractivity contribution in [3.8, 4) is 0 Å². The van der Waals surface area contributed by atoms with E-state index >= 15 is 0 Å². The maximum Gasteiger partial charge on any atom is 0.289 e. The molecule has 0 saturated carbocycles. The van der Waals surface area contributed by atoms with E-state index in [2.05, 4.69) is 17.2 Å². The molecule has 0 spiro atoms. The number of thiazole rings is 1. The molecule has 1 aliphatic heterocycles. The van der Waals surface area contributed by atoms with Gasteiger partial charge in [0.05, 0.1) is 17.9 Å². The molecule has 1 N–H and O–H groups in total. The van der Waals surface area contributed by atoms with Crippen LogP contribution in [0.5, 0.6) is 0 Å². The van der Waals surface area contributed by atoms with Gasteiger partial charge >= 0.3 is 0 Å². The summed E-state index contributed by atoms with van der Waals surface area (Å²) in [6.45, 7) is 3.34. The Hall–Kier alpha value is -2.15. The quantitative estimate of drug-likeness (QED) is 0.895. The molecule has 2 aliphatic rings. The first-order chi connectivity index (χ1) is 12.6. The van der Waals surface area contributed by atoms with Crippen LogP contribution >= 0.6 is 11.3 Å². The molecule has 26 heavy (non-hydrogen) atoms. The van der Waals surface area contributed by atoms with Crippen LogP contribution in [0.15, 0.2) is 22.8 Å². The predicted molar refractivity (Wildman–Crippen MR) is 99.3 cm³/mol. The molecule has 0 bridgehead atoms. The first-order valence-corrected chi connectivity index (χ1v) is 10.0. The van der Waals surface area contributed by atoms with E-state index < -0.39 is 0 Å². The molecule has 2 amide bonds. The zero-order chi connectivity index (χ0) is 18.1. The van der Waals surface area contributed by atoms with E-state index in [0.29, 0.717) is 29.9 Å². The summed E-state index contributed by atoms with van der Waals surface area (Å²) in [5.74, 6) is 0.619. The number of hydrogen-bond acceptors (Lipinski definition) is 5. The van der Waals surface area contributed by atoms with Gasteiger partial charge in [-0.2, -0.15) is 0 Å². The van der Waals surface area contributed by atoms with Gasteiger partial charge in [-0.1, -0.05) is 6.92 Å². The summed E-state index contributed by atoms with van der Waals surface area (Å²) in [4.78, 5) is 32.8. The molecule has 1 aliphatic carbocycles. The number of amides is 2. The van der Waals surface area contributed by atoms with Gasteiger partial charge < -0.3 is 14.6 Å². The second kappa shape index (κ2) is 7.23. The molecular weight excluding hydrogens is 350 g/mol. The molecule has 3 heterocycles. The Kier molecular flexibility index (Phi) is 4.80. The molecule has 4 rings (SSSR count). The number of carbonyl (C=O) groups excluding carboxylic acids is 2. The van der Waals surface area contributed by atoms with Gasteiger partial charge in [0.15, 0.2) is 10.9 Å². The largest absolute Gasteiger partial charge is 0.459 e. The standard InChI is InChI=1S/C19H23N3O3S/c1-12-6-7-14-16(10-12)26-19(20-14)21-17(23)13-4-2-8-22(11-13)18(24)15-5-3-9-25-15/h3,5,9,12-13H,2,4,6-8,10-11H2,1H3,(H,20,21,23)/t12-,13-/m0/s1. The number of likely N-dealkylation sites (tertiary alicyclic amines) is 1. The van der Waals surface area contributed by atoms with Gasteiger partial charge in [-0.3, -0.25) is 9.59 Å². The molecule has 0 aromatic carbocycles. The Morgan fingerprint density at radius 3 is 3.08 bits per heavy atom. The van der Waals surface area contributed by atoms with E-state index in [1.54, 1.807) is 28.4 Å². The summed E-state index contributed by atoms with van der Waals surface area (Å²) in [5, 5.41) is 3.68. The summed E-state index contributed by atoms with van der Waals surface area (Å²) >= 11 is 1.60. The van der Waals surface area contributed by atoms with E-state index in [-0.39, 0.29) is 17.7 Å². The summed E-state index contributed by atoms with van der Waals surface area (Å²) in [5.41, 5.74) is 1.14. The van der Waals surface area contributed by atoms with Crippen molar-refractivity contribution in [2.24, 2.45) is 11.8 Å². The van der Waals surface area contributed by atoms with Crippen LogP contribution in [0.3, 0.4) is 0 Å². The monoisotopic (exact) mass is 373 g/mol. The molecule has 7 heteroatoms. The third-order valence-corrected chi connectivity index (χ3v) is 6.26. The van der Waals surface area contributed by atoms with Gasteiger partial charge in [-0.15, -0.1) is 11.3 Å². The lowest BCUT2D eigenvalue weighted by atomic mass is 9.93. The van der Waals surface area contributed by atoms with Crippen molar-refractivity contribution in [3.63, 3.8) is 0 Å². The summed E-state index contributed by atoms with van der Waals surface area (Å²) in [6, 6.07) is 3.36. The van der Waals surface area contributed by atoms with Gasteiger partial charge in [0.1, 0.15) is 0 Å². The van der Waals surface area contributed by atoms with Crippen molar-refractivity contribution in [1.29, 1.82) is 0 Å². The molecule has 2 atom stereocenters. The second-order valence-electron chi connectivity index (χ2n) is 7.29. The number of piperidine rings is 1. The molecule has 138 valence electrons. The lowest BCUT2D eigenvalue weighted by Crippen LogP contribution is -2.43. The minimum atomic E-state index is -0.206. The number of aromatic nitrogens is 1. The van der Waals surface area contributed by atoms with Gasteiger partial charge in [0.25, 0.3) is 5.91 Å². The molecule has 6 nitrogen and oxygen atoms in total. The van der Waals surface area contributed by atoms with E-state index in [1.807, 2.05) is 0 Å². The zero-order valence-electron chi connectivity index (χ0n) is 14.9. The van der Waals surface area contributed by atoms with Crippen molar-refractivity contribution >= 4 is 28.3 Å². The maximum absolute atomic E-state index is 12.7. The molecule has 1 saturated heterocycles. The van der Waals surface area contributed by atoms with Crippen LogP contribution in [0.25, 0.3) is 0 Å². The van der Waals surface area contributed by atoms with Crippen molar-refractivity contribution in [1.82, 2.24) is 9.88 Å². The maximum atomic E-state index is 12.7. The molecular formula is C19H23N3O3S. The second-order valence-corrected chi connectivity index (χ2v) is 8.38. The first-order valence-electron chi connectivity index (χ1n) is 9.22. The predicted octanol–water partition coefficient (Wildman–Crippen LogP) is 3.35. The van der Waals surface area contributed by atoms with Crippen LogP contribution in [0, 0.1) is 11.8 Å². The van der Waals surface area contributed by atoms with Gasteiger partial charge in [-0.05, 0) is 50.2 Å². The van der Waals surface area contributed by atoms with E-state index in [9.17, 15) is 9.59 Å². The van der Waals surface area contributed by atoms with E-state index in [4.69, 9.17) is 4.42 Å².